The van der Waals surface area contributed by atoms with Gasteiger partial charge in [0.1, 0.15) is 17.9 Å². The molecule has 0 radical (unpaired) electrons. The number of para-hydroxylation sites is 1. The van der Waals surface area contributed by atoms with Gasteiger partial charge >= 0.3 is 5.97 Å². The van der Waals surface area contributed by atoms with Crippen molar-refractivity contribution < 1.29 is 27.5 Å². The number of methoxy groups -OCH3 is 1. The molecule has 3 aromatic rings. The van der Waals surface area contributed by atoms with Crippen LogP contribution in [0.25, 0.3) is 11.0 Å². The second-order valence-corrected chi connectivity index (χ2v) is 6.50. The summed E-state index contributed by atoms with van der Waals surface area (Å²) >= 11 is 3.25. The van der Waals surface area contributed by atoms with Gasteiger partial charge in [-0.25, -0.2) is 8.78 Å². The van der Waals surface area contributed by atoms with Crippen LogP contribution in [0.2, 0.25) is 0 Å². The van der Waals surface area contributed by atoms with E-state index in [9.17, 15) is 13.6 Å². The van der Waals surface area contributed by atoms with E-state index in [1.165, 1.54) is 19.4 Å². The van der Waals surface area contributed by atoms with E-state index in [-0.39, 0.29) is 30.1 Å². The van der Waals surface area contributed by atoms with Crippen molar-refractivity contribution in [2.75, 3.05) is 7.11 Å². The molecule has 26 heavy (non-hydrogen) atoms. The Morgan fingerprint density at radius 1 is 1.23 bits per heavy atom. The van der Waals surface area contributed by atoms with E-state index < -0.39 is 6.43 Å². The fraction of sp³-hybridized carbons (Fsp3) is 0.211. The van der Waals surface area contributed by atoms with Crippen LogP contribution in [0.5, 0.6) is 5.75 Å². The first-order valence-corrected chi connectivity index (χ1v) is 8.54. The van der Waals surface area contributed by atoms with Crippen molar-refractivity contribution in [1.82, 2.24) is 0 Å². The van der Waals surface area contributed by atoms with Gasteiger partial charge in [-0.2, -0.15) is 0 Å². The summed E-state index contributed by atoms with van der Waals surface area (Å²) in [5, 5.41) is 0.556. The van der Waals surface area contributed by atoms with E-state index in [1.54, 1.807) is 30.3 Å². The number of carbonyl (C=O) groups excluding carboxylic acids is 1. The molecule has 0 saturated carbocycles. The minimum absolute atomic E-state index is 0.0832. The molecule has 0 saturated heterocycles. The van der Waals surface area contributed by atoms with Gasteiger partial charge in [-0.15, -0.1) is 0 Å². The second-order valence-electron chi connectivity index (χ2n) is 5.58. The molecule has 0 spiro atoms. The van der Waals surface area contributed by atoms with Crippen LogP contribution in [0.4, 0.5) is 8.78 Å². The number of fused-ring (bicyclic) bond motifs is 1. The van der Waals surface area contributed by atoms with Crippen LogP contribution in [-0.4, -0.2) is 13.1 Å². The number of hydrogen-bond donors (Lipinski definition) is 0. The molecule has 0 N–H and O–H groups in total. The monoisotopic (exact) mass is 424 g/mol. The van der Waals surface area contributed by atoms with Gasteiger partial charge < -0.3 is 13.9 Å². The average molecular weight is 425 g/mol. The maximum absolute atomic E-state index is 13.2. The largest absolute Gasteiger partial charge is 0.488 e. The molecule has 4 nitrogen and oxygen atoms in total. The van der Waals surface area contributed by atoms with Crippen LogP contribution in [0.15, 0.2) is 51.6 Å². The highest BCUT2D eigenvalue weighted by atomic mass is 79.9. The molecule has 0 aliphatic heterocycles. The van der Waals surface area contributed by atoms with Crippen molar-refractivity contribution in [3.05, 3.63) is 63.8 Å². The highest BCUT2D eigenvalue weighted by Gasteiger charge is 2.18. The fourth-order valence-electron chi connectivity index (χ4n) is 2.63. The van der Waals surface area contributed by atoms with E-state index in [1.807, 2.05) is 0 Å². The number of benzene rings is 2. The van der Waals surface area contributed by atoms with Crippen molar-refractivity contribution in [1.29, 1.82) is 0 Å². The van der Waals surface area contributed by atoms with Gasteiger partial charge in [-0.3, -0.25) is 4.79 Å². The Bertz CT molecular complexity index is 936. The standard InChI is InChI=1S/C19H15BrF2O4/c1-24-17(23)6-11-4-2-3-5-16(11)25-9-12-10-26-18-14(12)7-13(20)8-15(18)19(21)22/h2-5,7-8,10,19H,6,9H2,1H3. The maximum atomic E-state index is 13.2. The lowest BCUT2D eigenvalue weighted by Gasteiger charge is -2.10. The minimum Gasteiger partial charge on any atom is -0.488 e. The van der Waals surface area contributed by atoms with Crippen LogP contribution in [0.1, 0.15) is 23.1 Å². The lowest BCUT2D eigenvalue weighted by atomic mass is 10.1. The Balaban J connectivity index is 1.86. The fourth-order valence-corrected chi connectivity index (χ4v) is 3.10. The Hall–Kier alpha value is -2.41. The van der Waals surface area contributed by atoms with Crippen molar-refractivity contribution in [2.24, 2.45) is 0 Å². The Labute approximate surface area is 156 Å². The number of halogens is 3. The quantitative estimate of drug-likeness (QED) is 0.495. The molecule has 0 atom stereocenters. The molecule has 2 aromatic carbocycles. The maximum Gasteiger partial charge on any atom is 0.310 e. The Kier molecular flexibility index (Phi) is 5.56. The van der Waals surface area contributed by atoms with E-state index in [2.05, 4.69) is 20.7 Å². The van der Waals surface area contributed by atoms with Crippen molar-refractivity contribution >= 4 is 32.9 Å². The number of hydrogen-bond acceptors (Lipinski definition) is 4. The highest BCUT2D eigenvalue weighted by Crippen LogP contribution is 2.34. The number of rotatable bonds is 6. The molecule has 7 heteroatoms. The van der Waals surface area contributed by atoms with Crippen molar-refractivity contribution in [2.45, 2.75) is 19.5 Å². The van der Waals surface area contributed by atoms with Gasteiger partial charge in [0.15, 0.2) is 0 Å². The molecule has 0 bridgehead atoms. The summed E-state index contributed by atoms with van der Waals surface area (Å²) in [4.78, 5) is 11.5. The average Bonchev–Trinajstić information content (AvgIpc) is 3.02. The number of carbonyl (C=O) groups is 1. The van der Waals surface area contributed by atoms with Crippen molar-refractivity contribution in [3.8, 4) is 5.75 Å². The lowest BCUT2D eigenvalue weighted by Crippen LogP contribution is -2.06. The summed E-state index contributed by atoms with van der Waals surface area (Å²) in [7, 11) is 1.32. The van der Waals surface area contributed by atoms with Gasteiger partial charge in [0.25, 0.3) is 6.43 Å². The van der Waals surface area contributed by atoms with Crippen LogP contribution in [0, 0.1) is 0 Å². The topological polar surface area (TPSA) is 48.7 Å². The van der Waals surface area contributed by atoms with Crippen LogP contribution in [-0.2, 0) is 22.6 Å². The summed E-state index contributed by atoms with van der Waals surface area (Å²) in [5.41, 5.74) is 1.29. The summed E-state index contributed by atoms with van der Waals surface area (Å²) < 4.78 is 42.7. The third-order valence-corrected chi connectivity index (χ3v) is 4.36. The number of furan rings is 1. The zero-order chi connectivity index (χ0) is 18.7. The summed E-state index contributed by atoms with van der Waals surface area (Å²) in [5.74, 6) is 0.150. The molecule has 136 valence electrons. The lowest BCUT2D eigenvalue weighted by molar-refractivity contribution is -0.139. The molecule has 0 amide bonds. The van der Waals surface area contributed by atoms with Gasteiger partial charge in [0.2, 0.25) is 0 Å². The van der Waals surface area contributed by atoms with Crippen LogP contribution < -0.4 is 4.74 Å². The van der Waals surface area contributed by atoms with Crippen LogP contribution in [0.3, 0.4) is 0 Å². The molecule has 0 aliphatic rings. The van der Waals surface area contributed by atoms with Gasteiger partial charge in [-0.1, -0.05) is 34.1 Å². The summed E-state index contributed by atoms with van der Waals surface area (Å²) in [6.07, 6.45) is -1.15. The number of alkyl halides is 2. The first-order valence-electron chi connectivity index (χ1n) is 7.74. The zero-order valence-electron chi connectivity index (χ0n) is 13.8. The van der Waals surface area contributed by atoms with Crippen molar-refractivity contribution in [3.63, 3.8) is 0 Å². The van der Waals surface area contributed by atoms with E-state index in [0.717, 1.165) is 0 Å². The highest BCUT2D eigenvalue weighted by molar-refractivity contribution is 9.10. The first-order chi connectivity index (χ1) is 12.5. The van der Waals surface area contributed by atoms with Gasteiger partial charge in [0.05, 0.1) is 25.4 Å². The third kappa shape index (κ3) is 3.88. The van der Waals surface area contributed by atoms with Gasteiger partial charge in [-0.05, 0) is 18.2 Å². The predicted molar refractivity (Wildman–Crippen MR) is 95.4 cm³/mol. The molecule has 0 fully saturated rings. The molecule has 1 heterocycles. The molecule has 3 rings (SSSR count). The molecular weight excluding hydrogens is 410 g/mol. The normalized spacial score (nSPS) is 11.1. The van der Waals surface area contributed by atoms with E-state index >= 15 is 0 Å². The first kappa shape index (κ1) is 18.4. The zero-order valence-corrected chi connectivity index (χ0v) is 15.4. The van der Waals surface area contributed by atoms with E-state index in [4.69, 9.17) is 9.15 Å². The number of ether oxygens (including phenoxy) is 2. The summed E-state index contributed by atoms with van der Waals surface area (Å²) in [6.45, 7) is 0.115. The Morgan fingerprint density at radius 2 is 2.00 bits per heavy atom. The molecule has 0 aliphatic carbocycles. The SMILES string of the molecule is COC(=O)Cc1ccccc1OCc1coc2c(C(F)F)cc(Br)cc12. The smallest absolute Gasteiger partial charge is 0.310 e. The third-order valence-electron chi connectivity index (χ3n) is 3.90. The molecule has 1 aromatic heterocycles. The molecular formula is C19H15BrF2O4. The predicted octanol–water partition coefficient (Wildman–Crippen LogP) is 5.43. The summed E-state index contributed by atoms with van der Waals surface area (Å²) in [6, 6.07) is 10.1. The minimum atomic E-state index is -2.64. The molecule has 0 unspecified atom stereocenters. The van der Waals surface area contributed by atoms with Gasteiger partial charge in [0, 0.05) is 21.0 Å². The second kappa shape index (κ2) is 7.86. The van der Waals surface area contributed by atoms with Crippen LogP contribution >= 0.6 is 15.9 Å². The number of esters is 1. The Morgan fingerprint density at radius 3 is 2.73 bits per heavy atom. The van der Waals surface area contributed by atoms with E-state index in [0.29, 0.717) is 26.7 Å².